The number of ether oxygens (including phenoxy) is 3. The number of nitrogens with two attached hydrogens (primary N) is 1. The van der Waals surface area contributed by atoms with E-state index in [1.807, 2.05) is 30.3 Å². The monoisotopic (exact) mass is 451 g/mol. The fourth-order valence-electron chi connectivity index (χ4n) is 2.64. The molecule has 10 nitrogen and oxygen atoms in total. The third-order valence-corrected chi connectivity index (χ3v) is 4.30. The van der Waals surface area contributed by atoms with Gasteiger partial charge in [0.2, 0.25) is 11.8 Å². The van der Waals surface area contributed by atoms with Crippen molar-refractivity contribution in [2.24, 2.45) is 5.73 Å². The lowest BCUT2D eigenvalue weighted by molar-refractivity contribution is -0.141. The van der Waals surface area contributed by atoms with Gasteiger partial charge in [0.15, 0.2) is 0 Å². The van der Waals surface area contributed by atoms with Crippen LogP contribution in [0.15, 0.2) is 30.3 Å². The van der Waals surface area contributed by atoms with Gasteiger partial charge in [-0.1, -0.05) is 30.3 Å². The van der Waals surface area contributed by atoms with E-state index in [1.165, 1.54) is 7.11 Å². The number of benzene rings is 1. The highest BCUT2D eigenvalue weighted by atomic mass is 16.6. The highest BCUT2D eigenvalue weighted by molar-refractivity contribution is 5.91. The molecule has 0 fully saturated rings. The zero-order valence-electron chi connectivity index (χ0n) is 19.2. The normalized spacial score (nSPS) is 13.9. The molecule has 4 N–H and O–H groups in total. The first kappa shape index (κ1) is 26.9. The standard InChI is InChI=1S/C22H33N3O7/c1-14(31-13-15-9-7-6-8-10-15)18(25-21(29)32-22(2,3)4)20(28)24-16(19(23)27)11-12-17(26)30-5/h6-10,14,16,18H,11-13H2,1-5H3,(H2,23,27)(H,24,28)(H,25,29)/t14-,16-,18+/m1/s1. The van der Waals surface area contributed by atoms with Gasteiger partial charge in [-0.15, -0.1) is 0 Å². The van der Waals surface area contributed by atoms with E-state index < -0.39 is 47.7 Å². The minimum absolute atomic E-state index is 0.0494. The van der Waals surface area contributed by atoms with Crippen molar-refractivity contribution in [3.63, 3.8) is 0 Å². The van der Waals surface area contributed by atoms with E-state index in [9.17, 15) is 19.2 Å². The summed E-state index contributed by atoms with van der Waals surface area (Å²) in [7, 11) is 1.22. The largest absolute Gasteiger partial charge is 0.469 e. The number of methoxy groups -OCH3 is 1. The minimum atomic E-state index is -1.19. The Bertz CT molecular complexity index is 777. The molecule has 3 atom stereocenters. The maximum Gasteiger partial charge on any atom is 0.408 e. The molecular weight excluding hydrogens is 418 g/mol. The molecule has 32 heavy (non-hydrogen) atoms. The molecule has 0 aliphatic carbocycles. The van der Waals surface area contributed by atoms with E-state index in [0.717, 1.165) is 5.56 Å². The van der Waals surface area contributed by atoms with Gasteiger partial charge in [-0.2, -0.15) is 0 Å². The molecule has 0 heterocycles. The number of nitrogens with one attached hydrogen (secondary N) is 2. The van der Waals surface area contributed by atoms with Gasteiger partial charge in [-0.25, -0.2) is 4.79 Å². The second-order valence-electron chi connectivity index (χ2n) is 8.20. The Morgan fingerprint density at radius 2 is 1.69 bits per heavy atom. The summed E-state index contributed by atoms with van der Waals surface area (Å²) < 4.78 is 15.6. The van der Waals surface area contributed by atoms with Crippen LogP contribution in [0, 0.1) is 0 Å². The van der Waals surface area contributed by atoms with Crippen LogP contribution in [-0.2, 0) is 35.2 Å². The zero-order valence-corrected chi connectivity index (χ0v) is 19.2. The Hall–Kier alpha value is -3.14. The molecule has 1 aromatic rings. The van der Waals surface area contributed by atoms with Crippen LogP contribution in [0.1, 0.15) is 46.1 Å². The Kier molecular flexibility index (Phi) is 10.6. The van der Waals surface area contributed by atoms with E-state index in [-0.39, 0.29) is 19.4 Å². The van der Waals surface area contributed by atoms with Crippen LogP contribution in [0.2, 0.25) is 0 Å². The second kappa shape index (κ2) is 12.7. The predicted molar refractivity (Wildman–Crippen MR) is 116 cm³/mol. The summed E-state index contributed by atoms with van der Waals surface area (Å²) in [6.45, 7) is 6.87. The highest BCUT2D eigenvalue weighted by Crippen LogP contribution is 2.11. The maximum atomic E-state index is 12.9. The Morgan fingerprint density at radius 1 is 1.06 bits per heavy atom. The molecule has 0 spiro atoms. The molecule has 1 rings (SSSR count). The predicted octanol–water partition coefficient (Wildman–Crippen LogP) is 1.41. The van der Waals surface area contributed by atoms with E-state index in [0.29, 0.717) is 0 Å². The first-order chi connectivity index (χ1) is 14.9. The first-order valence-electron chi connectivity index (χ1n) is 10.2. The lowest BCUT2D eigenvalue weighted by Crippen LogP contribution is -2.57. The molecule has 0 bridgehead atoms. The van der Waals surface area contributed by atoms with E-state index in [4.69, 9.17) is 15.2 Å². The first-order valence-corrected chi connectivity index (χ1v) is 10.2. The molecule has 1 aromatic carbocycles. The topological polar surface area (TPSA) is 146 Å². The highest BCUT2D eigenvalue weighted by Gasteiger charge is 2.32. The van der Waals surface area contributed by atoms with Crippen molar-refractivity contribution in [3.05, 3.63) is 35.9 Å². The lowest BCUT2D eigenvalue weighted by atomic mass is 10.1. The van der Waals surface area contributed by atoms with Crippen LogP contribution >= 0.6 is 0 Å². The SMILES string of the molecule is COC(=O)CC[C@@H](NC(=O)[C@@H](NC(=O)OC(C)(C)C)[C@@H](C)OCc1ccccc1)C(N)=O. The second-order valence-corrected chi connectivity index (χ2v) is 8.20. The number of hydrogen-bond acceptors (Lipinski definition) is 7. The number of primary amides is 1. The van der Waals surface area contributed by atoms with Gasteiger partial charge < -0.3 is 30.6 Å². The number of rotatable bonds is 11. The van der Waals surface area contributed by atoms with Crippen LogP contribution in [-0.4, -0.2) is 54.8 Å². The van der Waals surface area contributed by atoms with Crippen LogP contribution in [0.3, 0.4) is 0 Å². The summed E-state index contributed by atoms with van der Waals surface area (Å²) in [5.74, 6) is -2.07. The molecular formula is C22H33N3O7. The van der Waals surface area contributed by atoms with Crippen LogP contribution in [0.4, 0.5) is 4.79 Å². The van der Waals surface area contributed by atoms with Gasteiger partial charge in [0.1, 0.15) is 17.7 Å². The quantitative estimate of drug-likeness (QED) is 0.431. The third-order valence-electron chi connectivity index (χ3n) is 4.30. The molecule has 178 valence electrons. The summed E-state index contributed by atoms with van der Waals surface area (Å²) in [6.07, 6.45) is -1.77. The van der Waals surface area contributed by atoms with Gasteiger partial charge in [-0.05, 0) is 39.7 Å². The van der Waals surface area contributed by atoms with Crippen molar-refractivity contribution in [2.75, 3.05) is 7.11 Å². The van der Waals surface area contributed by atoms with E-state index in [1.54, 1.807) is 27.7 Å². The Labute approximate surface area is 188 Å². The number of carbonyl (C=O) groups excluding carboxylic acids is 4. The van der Waals surface area contributed by atoms with Crippen LogP contribution in [0.5, 0.6) is 0 Å². The summed E-state index contributed by atoms with van der Waals surface area (Å²) in [5.41, 5.74) is 5.46. The summed E-state index contributed by atoms with van der Waals surface area (Å²) in [6, 6.07) is 6.97. The van der Waals surface area contributed by atoms with Gasteiger partial charge in [-0.3, -0.25) is 14.4 Å². The molecule has 0 aliphatic heterocycles. The smallest absolute Gasteiger partial charge is 0.408 e. The maximum absolute atomic E-state index is 12.9. The number of alkyl carbamates (subject to hydrolysis) is 1. The fraction of sp³-hybridized carbons (Fsp3) is 0.545. The Morgan fingerprint density at radius 3 is 2.22 bits per heavy atom. The number of amides is 3. The van der Waals surface area contributed by atoms with Crippen molar-refractivity contribution in [1.82, 2.24) is 10.6 Å². The minimum Gasteiger partial charge on any atom is -0.469 e. The lowest BCUT2D eigenvalue weighted by Gasteiger charge is -2.28. The summed E-state index contributed by atoms with van der Waals surface area (Å²) >= 11 is 0. The van der Waals surface area contributed by atoms with Gasteiger partial charge >= 0.3 is 12.1 Å². The third kappa shape index (κ3) is 10.3. The fourth-order valence-corrected chi connectivity index (χ4v) is 2.64. The molecule has 0 radical (unpaired) electrons. The number of carbonyl (C=O) groups is 4. The van der Waals surface area contributed by atoms with E-state index >= 15 is 0 Å². The molecule has 0 unspecified atom stereocenters. The molecule has 3 amide bonds. The average Bonchev–Trinajstić information content (AvgIpc) is 2.72. The van der Waals surface area contributed by atoms with E-state index in [2.05, 4.69) is 15.4 Å². The Balaban J connectivity index is 2.92. The van der Waals surface area contributed by atoms with Crippen LogP contribution < -0.4 is 16.4 Å². The van der Waals surface area contributed by atoms with Crippen molar-refractivity contribution in [3.8, 4) is 0 Å². The summed E-state index contributed by atoms with van der Waals surface area (Å²) in [4.78, 5) is 48.4. The van der Waals surface area contributed by atoms with Gasteiger partial charge in [0.05, 0.1) is 19.8 Å². The van der Waals surface area contributed by atoms with Gasteiger partial charge in [0, 0.05) is 6.42 Å². The molecule has 0 aliphatic rings. The van der Waals surface area contributed by atoms with Gasteiger partial charge in [0.25, 0.3) is 0 Å². The molecule has 0 saturated heterocycles. The summed E-state index contributed by atoms with van der Waals surface area (Å²) in [5, 5.41) is 4.96. The molecule has 0 aromatic heterocycles. The van der Waals surface area contributed by atoms with Crippen molar-refractivity contribution < 1.29 is 33.4 Å². The van der Waals surface area contributed by atoms with Crippen molar-refractivity contribution in [1.29, 1.82) is 0 Å². The van der Waals surface area contributed by atoms with Crippen LogP contribution in [0.25, 0.3) is 0 Å². The van der Waals surface area contributed by atoms with Crippen molar-refractivity contribution >= 4 is 23.9 Å². The molecule has 10 heteroatoms. The zero-order chi connectivity index (χ0) is 24.3. The number of hydrogen-bond donors (Lipinski definition) is 3. The average molecular weight is 452 g/mol. The molecule has 0 saturated carbocycles. The van der Waals surface area contributed by atoms with Crippen molar-refractivity contribution in [2.45, 2.75) is 70.9 Å². The number of esters is 1.